The molecule has 0 aromatic rings. The van der Waals surface area contributed by atoms with E-state index in [-0.39, 0.29) is 30.9 Å². The summed E-state index contributed by atoms with van der Waals surface area (Å²) in [5.74, 6) is 2.64. The van der Waals surface area contributed by atoms with Crippen LogP contribution in [0.25, 0.3) is 0 Å². The first-order valence-electron chi connectivity index (χ1n) is 6.24. The molecule has 1 saturated carbocycles. The Labute approximate surface area is 102 Å². The second-order valence-corrected chi connectivity index (χ2v) is 4.84. The highest BCUT2D eigenvalue weighted by Gasteiger charge is 2.37. The third kappa shape index (κ3) is 2.60. The number of carbonyl (C=O) groups is 2. The zero-order valence-corrected chi connectivity index (χ0v) is 9.95. The van der Waals surface area contributed by atoms with Crippen LogP contribution in [0.5, 0.6) is 0 Å². The summed E-state index contributed by atoms with van der Waals surface area (Å²) in [5.41, 5.74) is 0. The van der Waals surface area contributed by atoms with Gasteiger partial charge in [-0.25, -0.2) is 0 Å². The summed E-state index contributed by atoms with van der Waals surface area (Å²) >= 11 is 0. The molecule has 1 aliphatic heterocycles. The first-order chi connectivity index (χ1) is 8.22. The molecule has 1 unspecified atom stereocenters. The van der Waals surface area contributed by atoms with Gasteiger partial charge < -0.3 is 10.2 Å². The van der Waals surface area contributed by atoms with Gasteiger partial charge in [0.25, 0.3) is 0 Å². The standard InChI is InChI=1S/C13H18N2O2/c1-2-8-15-9-11(16)14-12(13(15)17)10-6-4-3-5-7-10/h1,10,12H,3-9H2,(H,14,16). The van der Waals surface area contributed by atoms with E-state index < -0.39 is 0 Å². The lowest BCUT2D eigenvalue weighted by Gasteiger charge is -2.37. The molecule has 0 radical (unpaired) electrons. The Morgan fingerprint density at radius 3 is 2.65 bits per heavy atom. The summed E-state index contributed by atoms with van der Waals surface area (Å²) in [7, 11) is 0. The quantitative estimate of drug-likeness (QED) is 0.708. The fourth-order valence-electron chi connectivity index (χ4n) is 2.76. The van der Waals surface area contributed by atoms with Crippen LogP contribution in [0.3, 0.4) is 0 Å². The van der Waals surface area contributed by atoms with Gasteiger partial charge in [0.1, 0.15) is 12.6 Å². The molecule has 0 bridgehead atoms. The predicted molar refractivity (Wildman–Crippen MR) is 63.9 cm³/mol. The molecular formula is C13H18N2O2. The maximum absolute atomic E-state index is 12.2. The van der Waals surface area contributed by atoms with E-state index in [2.05, 4.69) is 11.2 Å². The Bertz CT molecular complexity index is 353. The minimum atomic E-state index is -0.343. The predicted octanol–water partition coefficient (Wildman–Crippen LogP) is 0.527. The molecular weight excluding hydrogens is 216 g/mol. The Morgan fingerprint density at radius 1 is 1.29 bits per heavy atom. The number of hydrogen-bond donors (Lipinski definition) is 1. The number of terminal acetylenes is 1. The summed E-state index contributed by atoms with van der Waals surface area (Å²) in [5, 5.41) is 2.83. The molecule has 2 rings (SSSR count). The Kier molecular flexibility index (Phi) is 3.68. The molecule has 1 saturated heterocycles. The minimum Gasteiger partial charge on any atom is -0.342 e. The second kappa shape index (κ2) is 5.22. The van der Waals surface area contributed by atoms with Crippen molar-refractivity contribution in [3.05, 3.63) is 0 Å². The number of rotatable bonds is 2. The van der Waals surface area contributed by atoms with Crippen molar-refractivity contribution in [3.63, 3.8) is 0 Å². The van der Waals surface area contributed by atoms with E-state index in [4.69, 9.17) is 6.42 Å². The maximum atomic E-state index is 12.2. The van der Waals surface area contributed by atoms with Crippen molar-refractivity contribution < 1.29 is 9.59 Å². The molecule has 92 valence electrons. The van der Waals surface area contributed by atoms with Crippen LogP contribution in [0.2, 0.25) is 0 Å². The van der Waals surface area contributed by atoms with E-state index >= 15 is 0 Å². The normalized spacial score (nSPS) is 26.5. The number of hydrogen-bond acceptors (Lipinski definition) is 2. The largest absolute Gasteiger partial charge is 0.342 e. The zero-order chi connectivity index (χ0) is 12.3. The van der Waals surface area contributed by atoms with Crippen molar-refractivity contribution in [1.82, 2.24) is 10.2 Å². The molecule has 4 nitrogen and oxygen atoms in total. The van der Waals surface area contributed by atoms with Crippen molar-refractivity contribution >= 4 is 11.8 Å². The van der Waals surface area contributed by atoms with Crippen LogP contribution in [0, 0.1) is 18.3 Å². The van der Waals surface area contributed by atoms with Crippen molar-refractivity contribution in [3.8, 4) is 12.3 Å². The van der Waals surface area contributed by atoms with Gasteiger partial charge in [-0.15, -0.1) is 6.42 Å². The number of nitrogens with one attached hydrogen (secondary N) is 1. The van der Waals surface area contributed by atoms with E-state index in [0.29, 0.717) is 5.92 Å². The highest BCUT2D eigenvalue weighted by Crippen LogP contribution is 2.28. The van der Waals surface area contributed by atoms with Crippen LogP contribution < -0.4 is 5.32 Å². The molecule has 2 fully saturated rings. The monoisotopic (exact) mass is 234 g/mol. The summed E-state index contributed by atoms with van der Waals surface area (Å²) in [6, 6.07) is -0.343. The van der Waals surface area contributed by atoms with Gasteiger partial charge in [0.2, 0.25) is 11.8 Å². The van der Waals surface area contributed by atoms with Gasteiger partial charge in [0.15, 0.2) is 0 Å². The van der Waals surface area contributed by atoms with E-state index in [1.165, 1.54) is 11.3 Å². The average molecular weight is 234 g/mol. The number of piperazine rings is 1. The molecule has 0 aromatic carbocycles. The van der Waals surface area contributed by atoms with E-state index in [9.17, 15) is 9.59 Å². The van der Waals surface area contributed by atoms with E-state index in [1.54, 1.807) is 0 Å². The van der Waals surface area contributed by atoms with Gasteiger partial charge in [0, 0.05) is 0 Å². The lowest BCUT2D eigenvalue weighted by Crippen LogP contribution is -2.60. The summed E-state index contributed by atoms with van der Waals surface area (Å²) in [6.45, 7) is 0.335. The molecule has 0 spiro atoms. The fraction of sp³-hybridized carbons (Fsp3) is 0.692. The van der Waals surface area contributed by atoms with Gasteiger partial charge >= 0.3 is 0 Å². The highest BCUT2D eigenvalue weighted by molar-refractivity contribution is 5.95. The lowest BCUT2D eigenvalue weighted by atomic mass is 9.82. The third-order valence-electron chi connectivity index (χ3n) is 3.63. The Balaban J connectivity index is 2.07. The molecule has 1 aliphatic carbocycles. The van der Waals surface area contributed by atoms with Crippen LogP contribution in [0.4, 0.5) is 0 Å². The maximum Gasteiger partial charge on any atom is 0.246 e. The van der Waals surface area contributed by atoms with Crippen LogP contribution in [0.15, 0.2) is 0 Å². The number of carbonyl (C=O) groups excluding carboxylic acids is 2. The van der Waals surface area contributed by atoms with Crippen LogP contribution in [-0.4, -0.2) is 35.8 Å². The minimum absolute atomic E-state index is 0.00514. The molecule has 17 heavy (non-hydrogen) atoms. The highest BCUT2D eigenvalue weighted by atomic mass is 16.2. The van der Waals surface area contributed by atoms with Gasteiger partial charge in [0.05, 0.1) is 6.54 Å². The van der Waals surface area contributed by atoms with Crippen molar-refractivity contribution in [1.29, 1.82) is 0 Å². The molecule has 0 aromatic heterocycles. The summed E-state index contributed by atoms with van der Waals surface area (Å²) < 4.78 is 0. The van der Waals surface area contributed by atoms with E-state index in [0.717, 1.165) is 25.7 Å². The van der Waals surface area contributed by atoms with Crippen LogP contribution >= 0.6 is 0 Å². The smallest absolute Gasteiger partial charge is 0.246 e. The van der Waals surface area contributed by atoms with Crippen molar-refractivity contribution in [2.24, 2.45) is 5.92 Å². The average Bonchev–Trinajstić information content (AvgIpc) is 2.35. The number of nitrogens with zero attached hydrogens (tertiary/aromatic N) is 1. The molecule has 2 amide bonds. The number of amides is 2. The third-order valence-corrected chi connectivity index (χ3v) is 3.63. The SMILES string of the molecule is C#CCN1CC(=O)NC(C2CCCCC2)C1=O. The molecule has 1 atom stereocenters. The van der Waals surface area contributed by atoms with Gasteiger partial charge in [-0.3, -0.25) is 9.59 Å². The topological polar surface area (TPSA) is 49.4 Å². The van der Waals surface area contributed by atoms with E-state index in [1.807, 2.05) is 0 Å². The first-order valence-corrected chi connectivity index (χ1v) is 6.24. The molecule has 2 aliphatic rings. The van der Waals surface area contributed by atoms with Gasteiger partial charge in [-0.1, -0.05) is 25.2 Å². The fourth-order valence-corrected chi connectivity index (χ4v) is 2.76. The Hall–Kier alpha value is -1.50. The van der Waals surface area contributed by atoms with Gasteiger partial charge in [-0.2, -0.15) is 0 Å². The van der Waals surface area contributed by atoms with Gasteiger partial charge in [-0.05, 0) is 18.8 Å². The summed E-state index contributed by atoms with van der Waals surface area (Å²) in [4.78, 5) is 25.2. The molecule has 1 heterocycles. The molecule has 1 N–H and O–H groups in total. The van der Waals surface area contributed by atoms with Crippen LogP contribution in [0.1, 0.15) is 32.1 Å². The molecule has 4 heteroatoms. The zero-order valence-electron chi connectivity index (χ0n) is 9.95. The van der Waals surface area contributed by atoms with Crippen molar-refractivity contribution in [2.45, 2.75) is 38.1 Å². The van der Waals surface area contributed by atoms with Crippen molar-refractivity contribution in [2.75, 3.05) is 13.1 Å². The lowest BCUT2D eigenvalue weighted by molar-refractivity contribution is -0.145. The first kappa shape index (κ1) is 12.0. The van der Waals surface area contributed by atoms with Crippen LogP contribution in [-0.2, 0) is 9.59 Å². The second-order valence-electron chi connectivity index (χ2n) is 4.84. The Morgan fingerprint density at radius 2 is 2.00 bits per heavy atom. The summed E-state index contributed by atoms with van der Waals surface area (Å²) in [6.07, 6.45) is 10.8.